The molecule has 2 saturated heterocycles. The van der Waals surface area contributed by atoms with E-state index in [-0.39, 0.29) is 36.0 Å². The summed E-state index contributed by atoms with van der Waals surface area (Å²) < 4.78 is 0. The molecule has 0 unspecified atom stereocenters. The number of primary amides is 1. The summed E-state index contributed by atoms with van der Waals surface area (Å²) in [6, 6.07) is 7.81. The van der Waals surface area contributed by atoms with Crippen molar-refractivity contribution >= 4 is 23.4 Å². The number of carbonyl (C=O) groups excluding carboxylic acids is 3. The second kappa shape index (κ2) is 6.63. The zero-order chi connectivity index (χ0) is 17.3. The van der Waals surface area contributed by atoms with Gasteiger partial charge in [0.2, 0.25) is 17.7 Å². The van der Waals surface area contributed by atoms with Gasteiger partial charge >= 0.3 is 0 Å². The third-order valence-electron chi connectivity index (χ3n) is 5.04. The molecular formula is C18H23N3O3. The van der Waals surface area contributed by atoms with Gasteiger partial charge in [0, 0.05) is 31.7 Å². The Morgan fingerprint density at radius 3 is 2.62 bits per heavy atom. The number of nitrogens with two attached hydrogens (primary N) is 1. The second-order valence-corrected chi connectivity index (χ2v) is 6.56. The highest BCUT2D eigenvalue weighted by atomic mass is 16.2. The zero-order valence-corrected chi connectivity index (χ0v) is 13.9. The van der Waals surface area contributed by atoms with Crippen molar-refractivity contribution in [2.45, 2.75) is 26.2 Å². The van der Waals surface area contributed by atoms with Gasteiger partial charge in [-0.05, 0) is 24.5 Å². The van der Waals surface area contributed by atoms with E-state index in [2.05, 4.69) is 6.92 Å². The lowest BCUT2D eigenvalue weighted by molar-refractivity contribution is -0.135. The SMILES string of the molecule is CCc1ccccc1N1C[C@@H](C(=O)N2CC[C@H](C(N)=O)C2)CC1=O. The summed E-state index contributed by atoms with van der Waals surface area (Å²) in [4.78, 5) is 39.8. The molecule has 0 aromatic heterocycles. The molecule has 0 radical (unpaired) electrons. The number of nitrogens with zero attached hydrogens (tertiary/aromatic N) is 2. The molecule has 1 aromatic carbocycles. The number of hydrogen-bond donors (Lipinski definition) is 1. The van der Waals surface area contributed by atoms with E-state index in [1.807, 2.05) is 24.3 Å². The number of hydrogen-bond acceptors (Lipinski definition) is 3. The van der Waals surface area contributed by atoms with Crippen molar-refractivity contribution in [1.82, 2.24) is 4.90 Å². The third-order valence-corrected chi connectivity index (χ3v) is 5.04. The predicted molar refractivity (Wildman–Crippen MR) is 90.2 cm³/mol. The molecule has 3 rings (SSSR count). The van der Waals surface area contributed by atoms with Crippen LogP contribution in [-0.4, -0.2) is 42.3 Å². The van der Waals surface area contributed by atoms with E-state index in [1.54, 1.807) is 9.80 Å². The van der Waals surface area contributed by atoms with Crippen molar-refractivity contribution in [1.29, 1.82) is 0 Å². The molecule has 2 fully saturated rings. The Morgan fingerprint density at radius 1 is 1.21 bits per heavy atom. The third kappa shape index (κ3) is 3.00. The minimum absolute atomic E-state index is 0.0140. The topological polar surface area (TPSA) is 83.7 Å². The lowest BCUT2D eigenvalue weighted by Crippen LogP contribution is -2.37. The van der Waals surface area contributed by atoms with E-state index in [9.17, 15) is 14.4 Å². The summed E-state index contributed by atoms with van der Waals surface area (Å²) in [6.07, 6.45) is 1.68. The van der Waals surface area contributed by atoms with Crippen LogP contribution in [0, 0.1) is 11.8 Å². The first-order valence-electron chi connectivity index (χ1n) is 8.47. The van der Waals surface area contributed by atoms with E-state index in [4.69, 9.17) is 5.73 Å². The molecule has 0 aliphatic carbocycles. The number of rotatable bonds is 4. The lowest BCUT2D eigenvalue weighted by Gasteiger charge is -2.22. The van der Waals surface area contributed by atoms with Gasteiger partial charge in [0.1, 0.15) is 0 Å². The maximum atomic E-state index is 12.7. The minimum atomic E-state index is -0.355. The van der Waals surface area contributed by atoms with Crippen LogP contribution in [0.2, 0.25) is 0 Å². The number of anilines is 1. The van der Waals surface area contributed by atoms with Crippen LogP contribution < -0.4 is 10.6 Å². The highest BCUT2D eigenvalue weighted by Crippen LogP contribution is 2.30. The van der Waals surface area contributed by atoms with Gasteiger partial charge < -0.3 is 15.5 Å². The van der Waals surface area contributed by atoms with Crippen LogP contribution in [0.3, 0.4) is 0 Å². The largest absolute Gasteiger partial charge is 0.369 e. The van der Waals surface area contributed by atoms with Gasteiger partial charge in [0.15, 0.2) is 0 Å². The molecule has 1 aromatic rings. The zero-order valence-electron chi connectivity index (χ0n) is 13.9. The van der Waals surface area contributed by atoms with Gasteiger partial charge in [-0.2, -0.15) is 0 Å². The van der Waals surface area contributed by atoms with Crippen molar-refractivity contribution in [2.24, 2.45) is 17.6 Å². The Balaban J connectivity index is 1.71. The highest BCUT2D eigenvalue weighted by Gasteiger charge is 2.40. The van der Waals surface area contributed by atoms with Crippen molar-refractivity contribution in [3.05, 3.63) is 29.8 Å². The highest BCUT2D eigenvalue weighted by molar-refractivity contribution is 6.01. The Labute approximate surface area is 141 Å². The standard InChI is InChI=1S/C18H23N3O3/c1-2-12-5-3-4-6-15(12)21-11-14(9-16(21)22)18(24)20-8-7-13(10-20)17(19)23/h3-6,13-14H,2,7-11H2,1H3,(H2,19,23)/t13-,14-/m0/s1. The van der Waals surface area contributed by atoms with Gasteiger partial charge in [-0.1, -0.05) is 25.1 Å². The molecule has 2 N–H and O–H groups in total. The Morgan fingerprint density at radius 2 is 1.96 bits per heavy atom. The first kappa shape index (κ1) is 16.5. The van der Waals surface area contributed by atoms with Gasteiger partial charge in [-0.25, -0.2) is 0 Å². The maximum absolute atomic E-state index is 12.7. The van der Waals surface area contributed by atoms with Crippen LogP contribution in [0.1, 0.15) is 25.3 Å². The molecule has 24 heavy (non-hydrogen) atoms. The average molecular weight is 329 g/mol. The maximum Gasteiger partial charge on any atom is 0.228 e. The van der Waals surface area contributed by atoms with Gasteiger partial charge in [0.25, 0.3) is 0 Å². The van der Waals surface area contributed by atoms with Crippen molar-refractivity contribution < 1.29 is 14.4 Å². The summed E-state index contributed by atoms with van der Waals surface area (Å²) in [5, 5.41) is 0. The molecule has 2 aliphatic heterocycles. The molecule has 2 aliphatic rings. The van der Waals surface area contributed by atoms with Gasteiger partial charge in [0.05, 0.1) is 11.8 Å². The predicted octanol–water partition coefficient (Wildman–Crippen LogP) is 0.936. The van der Waals surface area contributed by atoms with E-state index < -0.39 is 0 Å². The summed E-state index contributed by atoms with van der Waals surface area (Å²) >= 11 is 0. The molecule has 0 bridgehead atoms. The van der Waals surface area contributed by atoms with Crippen LogP contribution >= 0.6 is 0 Å². The van der Waals surface area contributed by atoms with Crippen LogP contribution in [0.5, 0.6) is 0 Å². The molecule has 6 nitrogen and oxygen atoms in total. The summed E-state index contributed by atoms with van der Waals surface area (Å²) in [5.41, 5.74) is 7.33. The van der Waals surface area contributed by atoms with Crippen LogP contribution in [-0.2, 0) is 20.8 Å². The number of benzene rings is 1. The normalized spacial score (nSPS) is 23.8. The summed E-state index contributed by atoms with van der Waals surface area (Å²) in [6.45, 7) is 3.38. The summed E-state index contributed by atoms with van der Waals surface area (Å²) in [5.74, 6) is -1.01. The molecule has 2 heterocycles. The molecular weight excluding hydrogens is 306 g/mol. The molecule has 0 spiro atoms. The lowest BCUT2D eigenvalue weighted by atomic mass is 10.1. The second-order valence-electron chi connectivity index (χ2n) is 6.56. The van der Waals surface area contributed by atoms with E-state index in [0.717, 1.165) is 17.7 Å². The summed E-state index contributed by atoms with van der Waals surface area (Å²) in [7, 11) is 0. The fraction of sp³-hybridized carbons (Fsp3) is 0.500. The first-order valence-corrected chi connectivity index (χ1v) is 8.47. The average Bonchev–Trinajstić information content (AvgIpc) is 3.21. The van der Waals surface area contributed by atoms with Crippen LogP contribution in [0.15, 0.2) is 24.3 Å². The number of amides is 3. The Kier molecular flexibility index (Phi) is 4.55. The Bertz CT molecular complexity index is 673. The molecule has 0 saturated carbocycles. The molecule has 3 amide bonds. The fourth-order valence-electron chi connectivity index (χ4n) is 3.63. The number of carbonyl (C=O) groups is 3. The minimum Gasteiger partial charge on any atom is -0.369 e. The van der Waals surface area contributed by atoms with E-state index >= 15 is 0 Å². The smallest absolute Gasteiger partial charge is 0.228 e. The van der Waals surface area contributed by atoms with E-state index in [1.165, 1.54) is 0 Å². The van der Waals surface area contributed by atoms with Crippen molar-refractivity contribution in [2.75, 3.05) is 24.5 Å². The molecule has 2 atom stereocenters. The Hall–Kier alpha value is -2.37. The number of para-hydroxylation sites is 1. The van der Waals surface area contributed by atoms with Gasteiger partial charge in [-0.3, -0.25) is 14.4 Å². The van der Waals surface area contributed by atoms with E-state index in [0.29, 0.717) is 26.1 Å². The molecule has 6 heteroatoms. The van der Waals surface area contributed by atoms with Gasteiger partial charge in [-0.15, -0.1) is 0 Å². The van der Waals surface area contributed by atoms with Crippen molar-refractivity contribution in [3.63, 3.8) is 0 Å². The number of aryl methyl sites for hydroxylation is 1. The van der Waals surface area contributed by atoms with Crippen molar-refractivity contribution in [3.8, 4) is 0 Å². The fourth-order valence-corrected chi connectivity index (χ4v) is 3.63. The van der Waals surface area contributed by atoms with Crippen LogP contribution in [0.4, 0.5) is 5.69 Å². The number of likely N-dealkylation sites (tertiary alicyclic amines) is 1. The quantitative estimate of drug-likeness (QED) is 0.892. The monoisotopic (exact) mass is 329 g/mol. The first-order chi connectivity index (χ1) is 11.5. The molecule has 128 valence electrons. The van der Waals surface area contributed by atoms with Crippen LogP contribution in [0.25, 0.3) is 0 Å².